The maximum Gasteiger partial charge on any atom is 0.326 e. The van der Waals surface area contributed by atoms with E-state index in [-0.39, 0.29) is 11.3 Å². The molecule has 0 radical (unpaired) electrons. The Morgan fingerprint density at radius 1 is 1.33 bits per heavy atom. The van der Waals surface area contributed by atoms with Crippen LogP contribution in [-0.4, -0.2) is 27.9 Å². The molecular weight excluding hydrogens is 276 g/mol. The third kappa shape index (κ3) is 4.01. The predicted molar refractivity (Wildman–Crippen MR) is 76.2 cm³/mol. The van der Waals surface area contributed by atoms with Gasteiger partial charge in [0.2, 0.25) is 0 Å². The van der Waals surface area contributed by atoms with Crippen molar-refractivity contribution in [1.82, 2.24) is 5.32 Å². The van der Waals surface area contributed by atoms with Crippen LogP contribution in [0.4, 0.5) is 5.69 Å². The molecule has 0 fully saturated rings. The highest BCUT2D eigenvalue weighted by molar-refractivity contribution is 6.00. The molecule has 1 rings (SSSR count). The van der Waals surface area contributed by atoms with Gasteiger partial charge < -0.3 is 10.4 Å². The summed E-state index contributed by atoms with van der Waals surface area (Å²) < 4.78 is 0. The number of nitro groups is 1. The summed E-state index contributed by atoms with van der Waals surface area (Å²) in [6.07, 6.45) is 0. The van der Waals surface area contributed by atoms with E-state index in [0.717, 1.165) is 0 Å². The third-order valence-electron chi connectivity index (χ3n) is 2.98. The minimum Gasteiger partial charge on any atom is -0.480 e. The van der Waals surface area contributed by atoms with E-state index in [1.165, 1.54) is 18.2 Å². The van der Waals surface area contributed by atoms with Crippen LogP contribution in [-0.2, 0) is 4.79 Å². The summed E-state index contributed by atoms with van der Waals surface area (Å²) in [7, 11) is 0. The molecule has 1 aromatic rings. The number of carboxylic acid groups (broad SMARTS) is 1. The third-order valence-corrected chi connectivity index (χ3v) is 2.98. The summed E-state index contributed by atoms with van der Waals surface area (Å²) >= 11 is 0. The lowest BCUT2D eigenvalue weighted by molar-refractivity contribution is -0.385. The van der Waals surface area contributed by atoms with Crippen molar-refractivity contribution in [2.75, 3.05) is 0 Å². The Morgan fingerprint density at radius 2 is 1.90 bits per heavy atom. The second-order valence-corrected chi connectivity index (χ2v) is 5.89. The van der Waals surface area contributed by atoms with Gasteiger partial charge in [-0.15, -0.1) is 0 Å². The van der Waals surface area contributed by atoms with E-state index in [0.29, 0.717) is 5.56 Å². The molecule has 0 heterocycles. The number of carbonyl (C=O) groups excluding carboxylic acids is 1. The number of nitrogens with one attached hydrogen (secondary N) is 1. The highest BCUT2D eigenvalue weighted by atomic mass is 16.6. The predicted octanol–water partition coefficient (Wildman–Crippen LogP) is 2.13. The van der Waals surface area contributed by atoms with Gasteiger partial charge in [0.1, 0.15) is 11.6 Å². The largest absolute Gasteiger partial charge is 0.480 e. The molecule has 0 aliphatic heterocycles. The van der Waals surface area contributed by atoms with Crippen LogP contribution in [0.15, 0.2) is 18.2 Å². The SMILES string of the molecule is Cc1ccc([N+](=O)[O-])c(C(=O)N[C@H](C(=O)O)C(C)(C)C)c1. The topological polar surface area (TPSA) is 110 Å². The van der Waals surface area contributed by atoms with Crippen LogP contribution < -0.4 is 5.32 Å². The Morgan fingerprint density at radius 3 is 2.33 bits per heavy atom. The summed E-state index contributed by atoms with van der Waals surface area (Å²) in [6.45, 7) is 6.68. The molecule has 7 nitrogen and oxygen atoms in total. The second-order valence-electron chi connectivity index (χ2n) is 5.89. The van der Waals surface area contributed by atoms with Crippen LogP contribution in [0, 0.1) is 22.5 Å². The van der Waals surface area contributed by atoms with Gasteiger partial charge in [-0.05, 0) is 24.0 Å². The monoisotopic (exact) mass is 294 g/mol. The molecule has 0 aliphatic carbocycles. The Kier molecular flexibility index (Phi) is 4.67. The molecule has 0 saturated carbocycles. The summed E-state index contributed by atoms with van der Waals surface area (Å²) in [5.41, 5.74) is -0.542. The van der Waals surface area contributed by atoms with Gasteiger partial charge in [0, 0.05) is 6.07 Å². The number of nitro benzene ring substituents is 1. The van der Waals surface area contributed by atoms with Crippen molar-refractivity contribution in [2.24, 2.45) is 5.41 Å². The zero-order valence-corrected chi connectivity index (χ0v) is 12.3. The number of hydrogen-bond donors (Lipinski definition) is 2. The van der Waals surface area contributed by atoms with Gasteiger partial charge in [-0.1, -0.05) is 26.8 Å². The molecule has 7 heteroatoms. The quantitative estimate of drug-likeness (QED) is 0.653. The summed E-state index contributed by atoms with van der Waals surface area (Å²) in [6, 6.07) is 2.98. The average Bonchev–Trinajstić information content (AvgIpc) is 2.33. The molecule has 2 N–H and O–H groups in total. The molecule has 114 valence electrons. The van der Waals surface area contributed by atoms with Gasteiger partial charge in [-0.25, -0.2) is 4.79 Å². The lowest BCUT2D eigenvalue weighted by Crippen LogP contribution is -2.49. The zero-order chi connectivity index (χ0) is 16.4. The van der Waals surface area contributed by atoms with Gasteiger partial charge in [-0.3, -0.25) is 14.9 Å². The fourth-order valence-corrected chi connectivity index (χ4v) is 1.85. The Balaban J connectivity index is 3.17. The van der Waals surface area contributed by atoms with Crippen LogP contribution in [0.1, 0.15) is 36.7 Å². The van der Waals surface area contributed by atoms with Crippen molar-refractivity contribution in [2.45, 2.75) is 33.7 Å². The maximum atomic E-state index is 12.2. The van der Waals surface area contributed by atoms with Crippen molar-refractivity contribution >= 4 is 17.6 Å². The van der Waals surface area contributed by atoms with Gasteiger partial charge in [0.25, 0.3) is 11.6 Å². The molecule has 1 aromatic carbocycles. The van der Waals surface area contributed by atoms with Gasteiger partial charge in [-0.2, -0.15) is 0 Å². The highest BCUT2D eigenvalue weighted by Crippen LogP contribution is 2.23. The molecule has 0 aromatic heterocycles. The molecule has 1 atom stereocenters. The molecule has 21 heavy (non-hydrogen) atoms. The van der Waals surface area contributed by atoms with Crippen molar-refractivity contribution < 1.29 is 19.6 Å². The number of hydrogen-bond acceptors (Lipinski definition) is 4. The van der Waals surface area contributed by atoms with Crippen molar-refractivity contribution in [3.8, 4) is 0 Å². The van der Waals surface area contributed by atoms with Crippen LogP contribution in [0.25, 0.3) is 0 Å². The number of carboxylic acids is 1. The van der Waals surface area contributed by atoms with E-state index in [1.807, 2.05) is 0 Å². The number of nitrogens with zero attached hydrogens (tertiary/aromatic N) is 1. The second kappa shape index (κ2) is 5.90. The first-order valence-electron chi connectivity index (χ1n) is 6.32. The number of amides is 1. The first-order chi connectivity index (χ1) is 9.54. The lowest BCUT2D eigenvalue weighted by atomic mass is 9.86. The first kappa shape index (κ1) is 16.6. The summed E-state index contributed by atoms with van der Waals surface area (Å²) in [5.74, 6) is -1.96. The molecule has 1 amide bonds. The van der Waals surface area contributed by atoms with E-state index < -0.39 is 28.3 Å². The van der Waals surface area contributed by atoms with Crippen LogP contribution in [0.3, 0.4) is 0 Å². The molecule has 0 bridgehead atoms. The number of aryl methyl sites for hydroxylation is 1. The van der Waals surface area contributed by atoms with Gasteiger partial charge in [0.15, 0.2) is 0 Å². The van der Waals surface area contributed by atoms with E-state index in [4.69, 9.17) is 0 Å². The van der Waals surface area contributed by atoms with E-state index in [9.17, 15) is 24.8 Å². The minimum absolute atomic E-state index is 0.143. The standard InChI is InChI=1S/C14H18N2O5/c1-8-5-6-10(16(20)21)9(7-8)12(17)15-11(13(18)19)14(2,3)4/h5-7,11H,1-4H3,(H,15,17)(H,18,19)/t11-/m1/s1. The molecular formula is C14H18N2O5. The lowest BCUT2D eigenvalue weighted by Gasteiger charge is -2.27. The normalized spacial score (nSPS) is 12.6. The molecule has 0 unspecified atom stereocenters. The number of rotatable bonds is 4. The maximum absolute atomic E-state index is 12.2. The molecule has 0 saturated heterocycles. The van der Waals surface area contributed by atoms with Crippen molar-refractivity contribution in [3.05, 3.63) is 39.4 Å². The fourth-order valence-electron chi connectivity index (χ4n) is 1.85. The Hall–Kier alpha value is -2.44. The summed E-state index contributed by atoms with van der Waals surface area (Å²) in [4.78, 5) is 33.8. The Labute approximate surface area is 122 Å². The highest BCUT2D eigenvalue weighted by Gasteiger charge is 2.34. The van der Waals surface area contributed by atoms with Gasteiger partial charge in [0.05, 0.1) is 4.92 Å². The van der Waals surface area contributed by atoms with Crippen molar-refractivity contribution in [1.29, 1.82) is 0 Å². The minimum atomic E-state index is -1.19. The summed E-state index contributed by atoms with van der Waals surface area (Å²) in [5, 5.41) is 22.5. The van der Waals surface area contributed by atoms with E-state index in [2.05, 4.69) is 5.32 Å². The van der Waals surface area contributed by atoms with Crippen LogP contribution in [0.5, 0.6) is 0 Å². The Bertz CT molecular complexity index is 590. The number of benzene rings is 1. The fraction of sp³-hybridized carbons (Fsp3) is 0.429. The molecule has 0 aliphatic rings. The average molecular weight is 294 g/mol. The number of carbonyl (C=O) groups is 2. The van der Waals surface area contributed by atoms with Crippen LogP contribution >= 0.6 is 0 Å². The smallest absolute Gasteiger partial charge is 0.326 e. The van der Waals surface area contributed by atoms with Crippen LogP contribution in [0.2, 0.25) is 0 Å². The van der Waals surface area contributed by atoms with Crippen molar-refractivity contribution in [3.63, 3.8) is 0 Å². The first-order valence-corrected chi connectivity index (χ1v) is 6.32. The molecule has 0 spiro atoms. The van der Waals surface area contributed by atoms with E-state index in [1.54, 1.807) is 27.7 Å². The zero-order valence-electron chi connectivity index (χ0n) is 12.3. The van der Waals surface area contributed by atoms with E-state index >= 15 is 0 Å². The number of aliphatic carboxylic acids is 1. The van der Waals surface area contributed by atoms with Gasteiger partial charge >= 0.3 is 5.97 Å².